The van der Waals surface area contributed by atoms with Crippen LogP contribution >= 0.6 is 0 Å². The predicted molar refractivity (Wildman–Crippen MR) is 112 cm³/mol. The molecule has 0 aliphatic carbocycles. The maximum atomic E-state index is 14.7. The Morgan fingerprint density at radius 3 is 2.57 bits per heavy atom. The van der Waals surface area contributed by atoms with Gasteiger partial charge in [-0.1, -0.05) is 6.07 Å². The molecule has 1 aliphatic heterocycles. The first-order valence-corrected chi connectivity index (χ1v) is 10.1. The summed E-state index contributed by atoms with van der Waals surface area (Å²) >= 11 is 0. The molecule has 1 fully saturated rings. The average molecular weight is 413 g/mol. The zero-order valence-electron chi connectivity index (χ0n) is 18.2. The van der Waals surface area contributed by atoms with Gasteiger partial charge in [-0.2, -0.15) is 0 Å². The summed E-state index contributed by atoms with van der Waals surface area (Å²) < 4.78 is 20.1. The standard InChI is InChI=1S/C23H28FN3O3/c1-14-10-20(26-15(2)25-14)17-6-7-18(19(24)12-17)21(28)11-16-8-9-27(13-16)22(29)30-23(3,4)5/h6-7,10,12,16H,8-9,11,13H2,1-5H3/t16-/m0/s1. The van der Waals surface area contributed by atoms with E-state index in [1.165, 1.54) is 12.1 Å². The largest absolute Gasteiger partial charge is 0.444 e. The summed E-state index contributed by atoms with van der Waals surface area (Å²) in [5, 5.41) is 0. The first-order chi connectivity index (χ1) is 14.0. The molecule has 1 aromatic carbocycles. The molecule has 7 heteroatoms. The summed E-state index contributed by atoms with van der Waals surface area (Å²) in [7, 11) is 0. The molecule has 0 radical (unpaired) electrons. The van der Waals surface area contributed by atoms with Gasteiger partial charge in [0, 0.05) is 30.8 Å². The van der Waals surface area contributed by atoms with Crippen molar-refractivity contribution < 1.29 is 18.7 Å². The van der Waals surface area contributed by atoms with E-state index >= 15 is 0 Å². The van der Waals surface area contributed by atoms with Crippen LogP contribution in [0, 0.1) is 25.6 Å². The Kier molecular flexibility index (Phi) is 6.19. The number of carbonyl (C=O) groups is 2. The Balaban J connectivity index is 1.66. The molecular formula is C23H28FN3O3. The van der Waals surface area contributed by atoms with Crippen LogP contribution in [0.4, 0.5) is 9.18 Å². The second kappa shape index (κ2) is 8.50. The van der Waals surface area contributed by atoms with Crippen molar-refractivity contribution in [1.82, 2.24) is 14.9 Å². The lowest BCUT2D eigenvalue weighted by Crippen LogP contribution is -2.35. The maximum Gasteiger partial charge on any atom is 0.410 e. The molecule has 1 aliphatic rings. The van der Waals surface area contributed by atoms with E-state index in [0.717, 1.165) is 5.69 Å². The number of amides is 1. The molecular weight excluding hydrogens is 385 g/mol. The summed E-state index contributed by atoms with van der Waals surface area (Å²) in [6.45, 7) is 10.1. The van der Waals surface area contributed by atoms with Crippen LogP contribution in [0.5, 0.6) is 0 Å². The Labute approximate surface area is 176 Å². The third-order valence-electron chi connectivity index (χ3n) is 4.94. The van der Waals surface area contributed by atoms with E-state index < -0.39 is 11.4 Å². The van der Waals surface area contributed by atoms with Crippen LogP contribution in [0.25, 0.3) is 11.3 Å². The number of aryl methyl sites for hydroxylation is 2. The highest BCUT2D eigenvalue weighted by molar-refractivity contribution is 5.97. The molecule has 1 aromatic heterocycles. The second-order valence-electron chi connectivity index (χ2n) is 8.84. The van der Waals surface area contributed by atoms with Crippen LogP contribution in [0.2, 0.25) is 0 Å². The predicted octanol–water partition coefficient (Wildman–Crippen LogP) is 4.73. The van der Waals surface area contributed by atoms with Crippen molar-refractivity contribution in [3.63, 3.8) is 0 Å². The molecule has 1 saturated heterocycles. The number of ketones is 1. The Morgan fingerprint density at radius 1 is 1.20 bits per heavy atom. The molecule has 1 atom stereocenters. The lowest BCUT2D eigenvalue weighted by Gasteiger charge is -2.24. The monoisotopic (exact) mass is 413 g/mol. The summed E-state index contributed by atoms with van der Waals surface area (Å²) in [6, 6.07) is 6.35. The van der Waals surface area contributed by atoms with Gasteiger partial charge in [0.25, 0.3) is 0 Å². The quantitative estimate of drug-likeness (QED) is 0.678. The highest BCUT2D eigenvalue weighted by Crippen LogP contribution is 2.26. The lowest BCUT2D eigenvalue weighted by molar-refractivity contribution is 0.0286. The fraction of sp³-hybridized carbons (Fsp3) is 0.478. The molecule has 0 saturated carbocycles. The van der Waals surface area contributed by atoms with Gasteiger partial charge in [-0.15, -0.1) is 0 Å². The van der Waals surface area contributed by atoms with Gasteiger partial charge in [-0.25, -0.2) is 19.2 Å². The van der Waals surface area contributed by atoms with Crippen LogP contribution in [0.1, 0.15) is 55.5 Å². The lowest BCUT2D eigenvalue weighted by atomic mass is 9.96. The van der Waals surface area contributed by atoms with Crippen LogP contribution in [-0.4, -0.2) is 45.4 Å². The number of benzene rings is 1. The van der Waals surface area contributed by atoms with E-state index in [9.17, 15) is 14.0 Å². The summed E-state index contributed by atoms with van der Waals surface area (Å²) in [4.78, 5) is 35.0. The molecule has 0 bridgehead atoms. The van der Waals surface area contributed by atoms with Gasteiger partial charge in [-0.3, -0.25) is 4.79 Å². The number of likely N-dealkylation sites (tertiary alicyclic amines) is 1. The normalized spacial score (nSPS) is 16.6. The van der Waals surface area contributed by atoms with E-state index in [-0.39, 0.29) is 29.8 Å². The highest BCUT2D eigenvalue weighted by Gasteiger charge is 2.31. The molecule has 2 aromatic rings. The second-order valence-corrected chi connectivity index (χ2v) is 8.84. The number of Topliss-reactive ketones (excluding diaryl/α,β-unsaturated/α-hetero) is 1. The van der Waals surface area contributed by atoms with Gasteiger partial charge in [0.2, 0.25) is 0 Å². The minimum atomic E-state index is -0.562. The Hall–Kier alpha value is -2.83. The third-order valence-corrected chi connectivity index (χ3v) is 4.94. The molecule has 0 spiro atoms. The van der Waals surface area contributed by atoms with Crippen molar-refractivity contribution in [3.8, 4) is 11.3 Å². The number of nitrogens with zero attached hydrogens (tertiary/aromatic N) is 3. The molecule has 2 heterocycles. The van der Waals surface area contributed by atoms with Crippen molar-refractivity contribution in [2.75, 3.05) is 13.1 Å². The van der Waals surface area contributed by atoms with E-state index in [0.29, 0.717) is 36.6 Å². The van der Waals surface area contributed by atoms with Crippen LogP contribution in [-0.2, 0) is 4.74 Å². The summed E-state index contributed by atoms with van der Waals surface area (Å²) in [5.74, 6) is -0.212. The molecule has 6 nitrogen and oxygen atoms in total. The first-order valence-electron chi connectivity index (χ1n) is 10.1. The van der Waals surface area contributed by atoms with E-state index in [1.807, 2.05) is 27.7 Å². The third kappa shape index (κ3) is 5.40. The number of hydrogen-bond donors (Lipinski definition) is 0. The minimum Gasteiger partial charge on any atom is -0.444 e. The number of ether oxygens (including phenoxy) is 1. The van der Waals surface area contributed by atoms with Crippen LogP contribution in [0.3, 0.4) is 0 Å². The van der Waals surface area contributed by atoms with E-state index in [2.05, 4.69) is 9.97 Å². The number of carbonyl (C=O) groups excluding carboxylic acids is 2. The first kappa shape index (κ1) is 21.9. The summed E-state index contributed by atoms with van der Waals surface area (Å²) in [6.07, 6.45) is 0.522. The molecule has 30 heavy (non-hydrogen) atoms. The number of rotatable bonds is 4. The number of hydrogen-bond acceptors (Lipinski definition) is 5. The van der Waals surface area contributed by atoms with Crippen molar-refractivity contribution in [3.05, 3.63) is 47.2 Å². The zero-order chi connectivity index (χ0) is 22.1. The van der Waals surface area contributed by atoms with Gasteiger partial charge in [0.15, 0.2) is 5.78 Å². The summed E-state index contributed by atoms with van der Waals surface area (Å²) in [5.41, 5.74) is 1.54. The highest BCUT2D eigenvalue weighted by atomic mass is 19.1. The van der Waals surface area contributed by atoms with Crippen molar-refractivity contribution in [2.45, 2.75) is 53.1 Å². The Bertz CT molecular complexity index is 948. The number of aromatic nitrogens is 2. The minimum absolute atomic E-state index is 0.00346. The van der Waals surface area contributed by atoms with Gasteiger partial charge < -0.3 is 9.64 Å². The van der Waals surface area contributed by atoms with Gasteiger partial charge in [0.05, 0.1) is 11.3 Å². The molecule has 1 amide bonds. The fourth-order valence-electron chi connectivity index (χ4n) is 3.63. The fourth-order valence-corrected chi connectivity index (χ4v) is 3.63. The van der Waals surface area contributed by atoms with Crippen LogP contribution in [0.15, 0.2) is 24.3 Å². The molecule has 0 N–H and O–H groups in total. The van der Waals surface area contributed by atoms with Gasteiger partial charge in [0.1, 0.15) is 17.2 Å². The van der Waals surface area contributed by atoms with Crippen molar-refractivity contribution in [1.29, 1.82) is 0 Å². The SMILES string of the molecule is Cc1cc(-c2ccc(C(=O)C[C@@H]3CCN(C(=O)OC(C)(C)C)C3)c(F)c2)nc(C)n1. The van der Waals surface area contributed by atoms with Crippen LogP contribution < -0.4 is 0 Å². The molecule has 160 valence electrons. The van der Waals surface area contributed by atoms with E-state index in [1.54, 1.807) is 24.0 Å². The average Bonchev–Trinajstić information content (AvgIpc) is 3.08. The topological polar surface area (TPSA) is 72.4 Å². The smallest absolute Gasteiger partial charge is 0.410 e. The molecule has 3 rings (SSSR count). The van der Waals surface area contributed by atoms with Gasteiger partial charge in [-0.05, 0) is 65.2 Å². The number of halogens is 1. The zero-order valence-corrected chi connectivity index (χ0v) is 18.2. The van der Waals surface area contributed by atoms with Crippen molar-refractivity contribution >= 4 is 11.9 Å². The van der Waals surface area contributed by atoms with Gasteiger partial charge >= 0.3 is 6.09 Å². The van der Waals surface area contributed by atoms with E-state index in [4.69, 9.17) is 4.74 Å². The molecule has 0 unspecified atom stereocenters. The maximum absolute atomic E-state index is 14.7. The van der Waals surface area contributed by atoms with Crippen molar-refractivity contribution in [2.24, 2.45) is 5.92 Å². The Morgan fingerprint density at radius 2 is 1.93 bits per heavy atom.